The van der Waals surface area contributed by atoms with Crippen LogP contribution in [-0.4, -0.2) is 44.5 Å². The van der Waals surface area contributed by atoms with Crippen LogP contribution in [0.15, 0.2) is 54.9 Å². The Labute approximate surface area is 153 Å². The summed E-state index contributed by atoms with van der Waals surface area (Å²) in [4.78, 5) is 35.0. The van der Waals surface area contributed by atoms with Crippen LogP contribution in [0.2, 0.25) is 0 Å². The van der Waals surface area contributed by atoms with E-state index in [0.29, 0.717) is 22.5 Å². The Balaban J connectivity index is 1.67. The minimum atomic E-state index is -0.629. The molecule has 27 heavy (non-hydrogen) atoms. The quantitative estimate of drug-likeness (QED) is 0.566. The predicted octanol–water partition coefficient (Wildman–Crippen LogP) is 0.130. The molecule has 3 aromatic rings. The van der Waals surface area contributed by atoms with Gasteiger partial charge in [-0.05, 0) is 52.9 Å². The number of carbonyl (C=O) groups is 3. The van der Waals surface area contributed by atoms with Crippen molar-refractivity contribution >= 4 is 23.4 Å². The molecule has 0 bridgehead atoms. The number of nitrogens with zero attached hydrogens (tertiary/aromatic N) is 4. The van der Waals surface area contributed by atoms with Gasteiger partial charge in [0.25, 0.3) is 11.8 Å². The third kappa shape index (κ3) is 4.51. The number of amides is 3. The van der Waals surface area contributed by atoms with Crippen LogP contribution in [0.5, 0.6) is 0 Å². The predicted molar refractivity (Wildman–Crippen MR) is 95.1 cm³/mol. The lowest BCUT2D eigenvalue weighted by atomic mass is 10.1. The number of aromatic nitrogens is 4. The summed E-state index contributed by atoms with van der Waals surface area (Å²) in [7, 11) is 0. The zero-order chi connectivity index (χ0) is 19.2. The average molecular weight is 365 g/mol. The molecule has 0 aliphatic rings. The van der Waals surface area contributed by atoms with Crippen molar-refractivity contribution < 1.29 is 14.4 Å². The Morgan fingerprint density at radius 3 is 2.44 bits per heavy atom. The highest BCUT2D eigenvalue weighted by molar-refractivity contribution is 6.05. The van der Waals surface area contributed by atoms with Gasteiger partial charge in [0.2, 0.25) is 5.91 Å². The second-order valence-electron chi connectivity index (χ2n) is 5.49. The number of nitrogens with two attached hydrogens (primary N) is 1. The van der Waals surface area contributed by atoms with E-state index in [4.69, 9.17) is 5.73 Å². The van der Waals surface area contributed by atoms with E-state index in [1.54, 1.807) is 36.4 Å². The summed E-state index contributed by atoms with van der Waals surface area (Å²) in [6.07, 6.45) is 1.43. The second kappa shape index (κ2) is 7.87. The molecule has 0 radical (unpaired) electrons. The zero-order valence-electron chi connectivity index (χ0n) is 14.0. The maximum atomic E-state index is 12.4. The third-order valence-electron chi connectivity index (χ3n) is 3.55. The van der Waals surface area contributed by atoms with Gasteiger partial charge in [0, 0.05) is 16.8 Å². The normalized spacial score (nSPS) is 10.2. The van der Waals surface area contributed by atoms with Crippen molar-refractivity contribution in [1.82, 2.24) is 25.5 Å². The van der Waals surface area contributed by atoms with Gasteiger partial charge < -0.3 is 16.4 Å². The summed E-state index contributed by atoms with van der Waals surface area (Å²) in [6.45, 7) is -0.241. The number of anilines is 1. The first kappa shape index (κ1) is 17.7. The van der Waals surface area contributed by atoms with E-state index in [1.807, 2.05) is 0 Å². The SMILES string of the molecule is NC(=O)CNC(=O)c1ccc(NC(=O)c2cccc(-n3cnnn3)c2)cc1. The highest BCUT2D eigenvalue weighted by Gasteiger charge is 2.10. The molecule has 3 rings (SSSR count). The van der Waals surface area contributed by atoms with Gasteiger partial charge in [0.05, 0.1) is 12.2 Å². The largest absolute Gasteiger partial charge is 0.368 e. The van der Waals surface area contributed by atoms with E-state index in [1.165, 1.54) is 23.1 Å². The summed E-state index contributed by atoms with van der Waals surface area (Å²) in [5.74, 6) is -1.38. The maximum absolute atomic E-state index is 12.4. The van der Waals surface area contributed by atoms with Gasteiger partial charge in [-0.2, -0.15) is 0 Å². The van der Waals surface area contributed by atoms with Crippen molar-refractivity contribution in [2.45, 2.75) is 0 Å². The van der Waals surface area contributed by atoms with E-state index in [2.05, 4.69) is 26.2 Å². The van der Waals surface area contributed by atoms with Gasteiger partial charge in [-0.3, -0.25) is 14.4 Å². The second-order valence-corrected chi connectivity index (χ2v) is 5.49. The Hall–Kier alpha value is -4.08. The van der Waals surface area contributed by atoms with E-state index in [-0.39, 0.29) is 12.5 Å². The number of hydrogen-bond acceptors (Lipinski definition) is 6. The molecule has 10 heteroatoms. The fraction of sp³-hybridized carbons (Fsp3) is 0.0588. The molecule has 0 spiro atoms. The van der Waals surface area contributed by atoms with Crippen LogP contribution in [0, 0.1) is 0 Å². The van der Waals surface area contributed by atoms with Gasteiger partial charge in [-0.25, -0.2) is 4.68 Å². The van der Waals surface area contributed by atoms with Crippen molar-refractivity contribution in [3.63, 3.8) is 0 Å². The summed E-state index contributed by atoms with van der Waals surface area (Å²) >= 11 is 0. The van der Waals surface area contributed by atoms with E-state index < -0.39 is 11.8 Å². The Bertz CT molecular complexity index is 968. The fourth-order valence-electron chi connectivity index (χ4n) is 2.25. The minimum Gasteiger partial charge on any atom is -0.368 e. The molecule has 2 aromatic carbocycles. The van der Waals surface area contributed by atoms with Crippen molar-refractivity contribution in [3.05, 3.63) is 66.0 Å². The summed E-state index contributed by atoms with van der Waals surface area (Å²) < 4.78 is 1.44. The number of primary amides is 1. The van der Waals surface area contributed by atoms with Crippen LogP contribution in [0.4, 0.5) is 5.69 Å². The molecule has 10 nitrogen and oxygen atoms in total. The van der Waals surface area contributed by atoms with Crippen LogP contribution in [0.1, 0.15) is 20.7 Å². The third-order valence-corrected chi connectivity index (χ3v) is 3.55. The Morgan fingerprint density at radius 1 is 1.00 bits per heavy atom. The van der Waals surface area contributed by atoms with E-state index in [0.717, 1.165) is 0 Å². The molecule has 0 unspecified atom stereocenters. The van der Waals surface area contributed by atoms with Crippen LogP contribution in [-0.2, 0) is 4.79 Å². The number of carbonyl (C=O) groups excluding carboxylic acids is 3. The average Bonchev–Trinajstić information content (AvgIpc) is 3.21. The van der Waals surface area contributed by atoms with E-state index >= 15 is 0 Å². The van der Waals surface area contributed by atoms with Gasteiger partial charge >= 0.3 is 0 Å². The van der Waals surface area contributed by atoms with Crippen molar-refractivity contribution in [3.8, 4) is 5.69 Å². The fourth-order valence-corrected chi connectivity index (χ4v) is 2.25. The van der Waals surface area contributed by atoms with Gasteiger partial charge in [-0.1, -0.05) is 6.07 Å². The standard InChI is InChI=1S/C17H15N7O3/c18-15(25)9-19-16(26)11-4-6-13(7-5-11)21-17(27)12-2-1-3-14(8-12)24-10-20-22-23-24/h1-8,10H,9H2,(H2,18,25)(H,19,26)(H,21,27). The lowest BCUT2D eigenvalue weighted by Gasteiger charge is -2.08. The molecule has 4 N–H and O–H groups in total. The topological polar surface area (TPSA) is 145 Å². The highest BCUT2D eigenvalue weighted by atomic mass is 16.2. The van der Waals surface area contributed by atoms with E-state index in [9.17, 15) is 14.4 Å². The molecule has 0 aliphatic carbocycles. The van der Waals surface area contributed by atoms with Crippen molar-refractivity contribution in [2.75, 3.05) is 11.9 Å². The first-order valence-corrected chi connectivity index (χ1v) is 7.84. The summed E-state index contributed by atoms with van der Waals surface area (Å²) in [6, 6.07) is 13.0. The van der Waals surface area contributed by atoms with Crippen LogP contribution < -0.4 is 16.4 Å². The smallest absolute Gasteiger partial charge is 0.255 e. The Kier molecular flexibility index (Phi) is 5.17. The summed E-state index contributed by atoms with van der Waals surface area (Å²) in [5.41, 5.74) is 6.91. The van der Waals surface area contributed by atoms with Gasteiger partial charge in [0.15, 0.2) is 0 Å². The first-order valence-electron chi connectivity index (χ1n) is 7.84. The monoisotopic (exact) mass is 365 g/mol. The van der Waals surface area contributed by atoms with Crippen molar-refractivity contribution in [2.24, 2.45) is 5.73 Å². The summed E-state index contributed by atoms with van der Waals surface area (Å²) in [5, 5.41) is 16.0. The lowest BCUT2D eigenvalue weighted by molar-refractivity contribution is -0.117. The molecule has 0 saturated heterocycles. The molecule has 0 atom stereocenters. The lowest BCUT2D eigenvalue weighted by Crippen LogP contribution is -2.33. The van der Waals surface area contributed by atoms with Crippen LogP contribution >= 0.6 is 0 Å². The molecular formula is C17H15N7O3. The number of hydrogen-bond donors (Lipinski definition) is 3. The van der Waals surface area contributed by atoms with Gasteiger partial charge in [-0.15, -0.1) is 5.10 Å². The number of benzene rings is 2. The molecule has 0 fully saturated rings. The number of tetrazole rings is 1. The molecule has 3 amide bonds. The van der Waals surface area contributed by atoms with Gasteiger partial charge in [0.1, 0.15) is 6.33 Å². The maximum Gasteiger partial charge on any atom is 0.255 e. The number of nitrogens with one attached hydrogen (secondary N) is 2. The molecule has 0 aliphatic heterocycles. The van der Waals surface area contributed by atoms with Crippen molar-refractivity contribution in [1.29, 1.82) is 0 Å². The minimum absolute atomic E-state index is 0.241. The molecule has 0 saturated carbocycles. The number of rotatable bonds is 6. The Morgan fingerprint density at radius 2 is 1.78 bits per heavy atom. The zero-order valence-corrected chi connectivity index (χ0v) is 14.0. The molecule has 1 aromatic heterocycles. The molecule has 1 heterocycles. The highest BCUT2D eigenvalue weighted by Crippen LogP contribution is 2.13. The molecular weight excluding hydrogens is 350 g/mol. The first-order chi connectivity index (χ1) is 13.0. The van der Waals surface area contributed by atoms with Crippen LogP contribution in [0.25, 0.3) is 5.69 Å². The van der Waals surface area contributed by atoms with Crippen LogP contribution in [0.3, 0.4) is 0 Å². The molecule has 136 valence electrons.